The number of nitrogens with one attached hydrogen (secondary N) is 1. The van der Waals surface area contributed by atoms with E-state index >= 15 is 0 Å². The minimum Gasteiger partial charge on any atom is -0.374 e. The first-order valence-electron chi connectivity index (χ1n) is 5.01. The third-order valence-electron chi connectivity index (χ3n) is 2.05. The molecule has 0 aromatic carbocycles. The minimum atomic E-state index is 0.874. The summed E-state index contributed by atoms with van der Waals surface area (Å²) in [7, 11) is 2.09. The summed E-state index contributed by atoms with van der Waals surface area (Å²) in [6, 6.07) is 0. The molecule has 0 fully saturated rings. The van der Waals surface area contributed by atoms with Crippen LogP contribution in [0.15, 0.2) is 0 Å². The van der Waals surface area contributed by atoms with Gasteiger partial charge in [-0.2, -0.15) is 0 Å². The molecule has 1 N–H and O–H groups in total. The zero-order chi connectivity index (χ0) is 10.4. The molecule has 0 amide bonds. The first kappa shape index (κ1) is 11.4. The van der Waals surface area contributed by atoms with Crippen molar-refractivity contribution in [2.75, 3.05) is 25.5 Å². The maximum absolute atomic E-state index is 4.12. The van der Waals surface area contributed by atoms with Crippen LogP contribution >= 0.6 is 11.5 Å². The molecule has 0 radical (unpaired) electrons. The van der Waals surface area contributed by atoms with Crippen molar-refractivity contribution in [1.29, 1.82) is 0 Å². The smallest absolute Gasteiger partial charge is 0.134 e. The summed E-state index contributed by atoms with van der Waals surface area (Å²) in [6.07, 6.45) is 1.13. The van der Waals surface area contributed by atoms with Crippen LogP contribution in [0, 0.1) is 0 Å². The second kappa shape index (κ2) is 5.93. The Kier molecular flexibility index (Phi) is 4.82. The molecular formula is C9H18N4S. The van der Waals surface area contributed by atoms with E-state index < -0.39 is 0 Å². The Morgan fingerprint density at radius 1 is 1.43 bits per heavy atom. The lowest BCUT2D eigenvalue weighted by Gasteiger charge is -2.12. The Labute approximate surface area is 89.5 Å². The third-order valence-corrected chi connectivity index (χ3v) is 2.78. The molecule has 1 aromatic heterocycles. The van der Waals surface area contributed by atoms with Crippen LogP contribution in [0.4, 0.5) is 5.00 Å². The molecule has 0 bridgehead atoms. The lowest BCUT2D eigenvalue weighted by Crippen LogP contribution is -2.18. The number of hydrogen-bond acceptors (Lipinski definition) is 5. The van der Waals surface area contributed by atoms with Crippen LogP contribution in [0.3, 0.4) is 0 Å². The lowest BCUT2D eigenvalue weighted by molar-refractivity contribution is 0.341. The molecule has 0 unspecified atom stereocenters. The highest BCUT2D eigenvalue weighted by Crippen LogP contribution is 2.18. The average molecular weight is 214 g/mol. The summed E-state index contributed by atoms with van der Waals surface area (Å²) in [4.78, 5) is 2.22. The van der Waals surface area contributed by atoms with Crippen LogP contribution in [-0.2, 0) is 6.54 Å². The molecule has 80 valence electrons. The monoisotopic (exact) mass is 214 g/mol. The van der Waals surface area contributed by atoms with Gasteiger partial charge in [-0.1, -0.05) is 18.3 Å². The van der Waals surface area contributed by atoms with Crippen LogP contribution < -0.4 is 5.32 Å². The SMILES string of the molecule is CCCNc1snnc1CN(C)CC. The van der Waals surface area contributed by atoms with Gasteiger partial charge >= 0.3 is 0 Å². The van der Waals surface area contributed by atoms with E-state index in [-0.39, 0.29) is 0 Å². The van der Waals surface area contributed by atoms with Crippen molar-refractivity contribution >= 4 is 16.5 Å². The molecule has 0 atom stereocenters. The van der Waals surface area contributed by atoms with Gasteiger partial charge in [0.2, 0.25) is 0 Å². The molecule has 5 heteroatoms. The largest absolute Gasteiger partial charge is 0.374 e. The molecule has 14 heavy (non-hydrogen) atoms. The molecule has 0 aliphatic rings. The maximum Gasteiger partial charge on any atom is 0.134 e. The van der Waals surface area contributed by atoms with E-state index in [9.17, 15) is 0 Å². The summed E-state index contributed by atoms with van der Waals surface area (Å²) in [6.45, 7) is 7.19. The van der Waals surface area contributed by atoms with E-state index in [4.69, 9.17) is 0 Å². The van der Waals surface area contributed by atoms with Crippen molar-refractivity contribution in [3.8, 4) is 0 Å². The Balaban J connectivity index is 2.53. The van der Waals surface area contributed by atoms with Gasteiger partial charge < -0.3 is 10.2 Å². The highest BCUT2D eigenvalue weighted by Gasteiger charge is 2.08. The van der Waals surface area contributed by atoms with E-state index in [1.165, 1.54) is 11.5 Å². The van der Waals surface area contributed by atoms with Gasteiger partial charge in [-0.3, -0.25) is 0 Å². The molecule has 4 nitrogen and oxygen atoms in total. The molecule has 0 saturated carbocycles. The summed E-state index contributed by atoms with van der Waals surface area (Å²) in [5.74, 6) is 0. The van der Waals surface area contributed by atoms with Gasteiger partial charge in [0.25, 0.3) is 0 Å². The molecule has 1 rings (SSSR count). The Hall–Kier alpha value is -0.680. The van der Waals surface area contributed by atoms with Gasteiger partial charge in [-0.15, -0.1) is 5.10 Å². The molecule has 0 saturated heterocycles. The minimum absolute atomic E-state index is 0.874. The molecule has 1 aromatic rings. The molecule has 1 heterocycles. The first-order valence-corrected chi connectivity index (χ1v) is 5.78. The van der Waals surface area contributed by atoms with E-state index in [1.807, 2.05) is 0 Å². The molecular weight excluding hydrogens is 196 g/mol. The second-order valence-corrected chi connectivity index (χ2v) is 4.06. The van der Waals surface area contributed by atoms with Crippen LogP contribution in [0.2, 0.25) is 0 Å². The van der Waals surface area contributed by atoms with Crippen molar-refractivity contribution in [2.24, 2.45) is 0 Å². The van der Waals surface area contributed by atoms with Gasteiger partial charge in [-0.25, -0.2) is 0 Å². The average Bonchev–Trinajstić information content (AvgIpc) is 2.62. The first-order chi connectivity index (χ1) is 6.77. The highest BCUT2D eigenvalue weighted by atomic mass is 32.1. The fourth-order valence-corrected chi connectivity index (χ4v) is 1.65. The van der Waals surface area contributed by atoms with Crippen molar-refractivity contribution in [2.45, 2.75) is 26.8 Å². The number of nitrogens with zero attached hydrogens (tertiary/aromatic N) is 3. The zero-order valence-electron chi connectivity index (χ0n) is 9.08. The van der Waals surface area contributed by atoms with E-state index in [2.05, 4.69) is 40.7 Å². The number of anilines is 1. The topological polar surface area (TPSA) is 41.1 Å². The van der Waals surface area contributed by atoms with Crippen molar-refractivity contribution in [1.82, 2.24) is 14.5 Å². The summed E-state index contributed by atoms with van der Waals surface area (Å²) in [5, 5.41) is 8.58. The lowest BCUT2D eigenvalue weighted by atomic mass is 10.4. The summed E-state index contributed by atoms with van der Waals surface area (Å²) < 4.78 is 3.96. The fourth-order valence-electron chi connectivity index (χ4n) is 1.05. The standard InChI is InChI=1S/C9H18N4S/c1-4-6-10-9-8(11-12-14-9)7-13(3)5-2/h10H,4-7H2,1-3H3. The highest BCUT2D eigenvalue weighted by molar-refractivity contribution is 7.10. The van der Waals surface area contributed by atoms with Gasteiger partial charge in [0.1, 0.15) is 10.7 Å². The summed E-state index contributed by atoms with van der Waals surface area (Å²) in [5.41, 5.74) is 1.06. The predicted molar refractivity (Wildman–Crippen MR) is 60.7 cm³/mol. The van der Waals surface area contributed by atoms with E-state index in [0.717, 1.165) is 36.8 Å². The Morgan fingerprint density at radius 2 is 2.21 bits per heavy atom. The number of aromatic nitrogens is 2. The zero-order valence-corrected chi connectivity index (χ0v) is 9.89. The van der Waals surface area contributed by atoms with Crippen LogP contribution in [0.5, 0.6) is 0 Å². The Morgan fingerprint density at radius 3 is 2.86 bits per heavy atom. The Bertz CT molecular complexity index is 261. The second-order valence-electron chi connectivity index (χ2n) is 3.31. The van der Waals surface area contributed by atoms with Gasteiger partial charge in [0, 0.05) is 24.6 Å². The quantitative estimate of drug-likeness (QED) is 0.784. The molecule has 0 aliphatic heterocycles. The van der Waals surface area contributed by atoms with Gasteiger partial charge in [0.15, 0.2) is 0 Å². The number of hydrogen-bond donors (Lipinski definition) is 1. The predicted octanol–water partition coefficient (Wildman–Crippen LogP) is 1.81. The van der Waals surface area contributed by atoms with E-state index in [1.54, 1.807) is 0 Å². The van der Waals surface area contributed by atoms with Crippen LogP contribution in [-0.4, -0.2) is 34.6 Å². The fraction of sp³-hybridized carbons (Fsp3) is 0.778. The van der Waals surface area contributed by atoms with Gasteiger partial charge in [0.05, 0.1) is 0 Å². The van der Waals surface area contributed by atoms with Crippen molar-refractivity contribution in [3.63, 3.8) is 0 Å². The maximum atomic E-state index is 4.12. The van der Waals surface area contributed by atoms with Gasteiger partial charge in [-0.05, 0) is 20.0 Å². The molecule has 0 aliphatic carbocycles. The molecule has 0 spiro atoms. The number of rotatable bonds is 6. The third kappa shape index (κ3) is 3.23. The summed E-state index contributed by atoms with van der Waals surface area (Å²) >= 11 is 1.44. The van der Waals surface area contributed by atoms with Crippen molar-refractivity contribution in [3.05, 3.63) is 5.69 Å². The van der Waals surface area contributed by atoms with Crippen LogP contribution in [0.25, 0.3) is 0 Å². The van der Waals surface area contributed by atoms with Crippen LogP contribution in [0.1, 0.15) is 26.0 Å². The normalized spacial score (nSPS) is 10.9. The van der Waals surface area contributed by atoms with E-state index in [0.29, 0.717) is 0 Å². The van der Waals surface area contributed by atoms with Crippen molar-refractivity contribution < 1.29 is 0 Å².